The first-order valence-electron chi connectivity index (χ1n) is 10.5. The summed E-state index contributed by atoms with van der Waals surface area (Å²) in [6.45, 7) is 17.0. The van der Waals surface area contributed by atoms with Crippen LogP contribution in [0.25, 0.3) is 10.8 Å². The van der Waals surface area contributed by atoms with Crippen LogP contribution in [0.5, 0.6) is 5.75 Å². The van der Waals surface area contributed by atoms with E-state index in [1.54, 1.807) is 0 Å². The van der Waals surface area contributed by atoms with Gasteiger partial charge in [-0.3, -0.25) is 0 Å². The van der Waals surface area contributed by atoms with E-state index in [0.717, 1.165) is 36.9 Å². The highest BCUT2D eigenvalue weighted by molar-refractivity contribution is 5.97. The first-order valence-corrected chi connectivity index (χ1v) is 10.5. The van der Waals surface area contributed by atoms with Gasteiger partial charge in [-0.25, -0.2) is 0 Å². The summed E-state index contributed by atoms with van der Waals surface area (Å²) in [7, 11) is 0. The molecule has 2 aromatic rings. The average molecular weight is 380 g/mol. The molecule has 0 heterocycles. The van der Waals surface area contributed by atoms with Crippen molar-refractivity contribution in [2.75, 3.05) is 18.0 Å². The number of aromatic hydroxyl groups is 1. The Morgan fingerprint density at radius 2 is 1.54 bits per heavy atom. The summed E-state index contributed by atoms with van der Waals surface area (Å²) >= 11 is 0. The highest BCUT2D eigenvalue weighted by Gasteiger charge is 2.16. The fourth-order valence-electron chi connectivity index (χ4n) is 3.71. The van der Waals surface area contributed by atoms with Gasteiger partial charge in [0.15, 0.2) is 0 Å². The quantitative estimate of drug-likeness (QED) is 0.480. The number of anilines is 1. The molecule has 2 aromatic carbocycles. The van der Waals surface area contributed by atoms with E-state index in [9.17, 15) is 5.11 Å². The molecule has 0 spiro atoms. The molecule has 1 N–H and O–H groups in total. The summed E-state index contributed by atoms with van der Waals surface area (Å²) in [5.41, 5.74) is 6.25. The van der Waals surface area contributed by atoms with Gasteiger partial charge < -0.3 is 10.0 Å². The van der Waals surface area contributed by atoms with Crippen LogP contribution in [0.1, 0.15) is 71.4 Å². The number of hydrogen-bond donors (Lipinski definition) is 1. The zero-order chi connectivity index (χ0) is 20.8. The van der Waals surface area contributed by atoms with Crippen LogP contribution in [0, 0.1) is 6.92 Å². The van der Waals surface area contributed by atoms with Crippen molar-refractivity contribution in [1.82, 2.24) is 0 Å². The van der Waals surface area contributed by atoms with E-state index in [-0.39, 0.29) is 0 Å². The lowest BCUT2D eigenvalue weighted by Crippen LogP contribution is -2.26. The van der Waals surface area contributed by atoms with Crippen LogP contribution < -0.4 is 4.90 Å². The first-order chi connectivity index (χ1) is 13.2. The normalized spacial score (nSPS) is 11.0. The molecule has 0 aromatic heterocycles. The number of phenols is 1. The molecule has 0 bridgehead atoms. The number of allylic oxidation sites excluding steroid dienone is 2. The summed E-state index contributed by atoms with van der Waals surface area (Å²) < 4.78 is 0. The van der Waals surface area contributed by atoms with Crippen LogP contribution in [0.4, 0.5) is 5.69 Å². The summed E-state index contributed by atoms with van der Waals surface area (Å²) in [4.78, 5) is 2.49. The first kappa shape index (κ1) is 22.1. The second kappa shape index (κ2) is 9.82. The fourth-order valence-corrected chi connectivity index (χ4v) is 3.71. The van der Waals surface area contributed by atoms with Gasteiger partial charge in [-0.05, 0) is 82.0 Å². The van der Waals surface area contributed by atoms with E-state index in [2.05, 4.69) is 83.7 Å². The molecule has 152 valence electrons. The van der Waals surface area contributed by atoms with Crippen molar-refractivity contribution in [2.45, 2.75) is 67.2 Å². The Kier molecular flexibility index (Phi) is 7.74. The number of rotatable bonds is 8. The van der Waals surface area contributed by atoms with Crippen molar-refractivity contribution >= 4 is 16.5 Å². The Hall–Kier alpha value is -2.22. The molecule has 0 unspecified atom stereocenters. The molecule has 0 amide bonds. The van der Waals surface area contributed by atoms with Gasteiger partial charge in [0.1, 0.15) is 5.75 Å². The predicted molar refractivity (Wildman–Crippen MR) is 125 cm³/mol. The molecule has 0 atom stereocenters. The molecule has 0 aliphatic carbocycles. The van der Waals surface area contributed by atoms with E-state index < -0.39 is 0 Å². The molecule has 28 heavy (non-hydrogen) atoms. The van der Waals surface area contributed by atoms with Crippen LogP contribution in [0.3, 0.4) is 0 Å². The van der Waals surface area contributed by atoms with E-state index in [0.29, 0.717) is 11.7 Å². The van der Waals surface area contributed by atoms with E-state index in [1.165, 1.54) is 27.8 Å². The van der Waals surface area contributed by atoms with Gasteiger partial charge in [-0.1, -0.05) is 49.3 Å². The number of aryl methyl sites for hydroxylation is 1. The average Bonchev–Trinajstić information content (AvgIpc) is 2.59. The summed E-state index contributed by atoms with van der Waals surface area (Å²) in [5.74, 6) is 0.712. The lowest BCUT2D eigenvalue weighted by molar-refractivity contribution is 0.466. The zero-order valence-electron chi connectivity index (χ0n) is 18.8. The molecule has 2 heteroatoms. The van der Waals surface area contributed by atoms with Crippen LogP contribution in [0.2, 0.25) is 0 Å². The Morgan fingerprint density at radius 1 is 0.964 bits per heavy atom. The highest BCUT2D eigenvalue weighted by Crippen LogP contribution is 2.37. The third-order valence-corrected chi connectivity index (χ3v) is 5.18. The van der Waals surface area contributed by atoms with E-state index in [4.69, 9.17) is 0 Å². The Labute approximate surface area is 171 Å². The van der Waals surface area contributed by atoms with Gasteiger partial charge in [0.2, 0.25) is 0 Å². The van der Waals surface area contributed by atoms with Crippen molar-refractivity contribution < 1.29 is 5.11 Å². The third-order valence-electron chi connectivity index (χ3n) is 5.18. The molecule has 0 fully saturated rings. The fraction of sp³-hybridized carbons (Fsp3) is 0.462. The van der Waals surface area contributed by atoms with Gasteiger partial charge in [-0.2, -0.15) is 0 Å². The van der Waals surface area contributed by atoms with Gasteiger partial charge in [-0.15, -0.1) is 0 Å². The molecule has 0 saturated carbocycles. The summed E-state index contributed by atoms with van der Waals surface area (Å²) in [6.07, 6.45) is 6.68. The van der Waals surface area contributed by atoms with Crippen molar-refractivity contribution in [3.05, 3.63) is 58.7 Å². The Bertz CT molecular complexity index is 844. The van der Waals surface area contributed by atoms with Crippen molar-refractivity contribution in [1.29, 1.82) is 0 Å². The summed E-state index contributed by atoms with van der Waals surface area (Å²) in [6, 6.07) is 8.53. The molecular weight excluding hydrogens is 342 g/mol. The predicted octanol–water partition coefficient (Wildman–Crippen LogP) is 7.50. The molecular formula is C26H37NO. The second-order valence-electron chi connectivity index (χ2n) is 8.65. The second-order valence-corrected chi connectivity index (χ2v) is 8.65. The monoisotopic (exact) mass is 379 g/mol. The Morgan fingerprint density at radius 3 is 2.04 bits per heavy atom. The minimum absolute atomic E-state index is 0.306. The maximum absolute atomic E-state index is 10.6. The van der Waals surface area contributed by atoms with Gasteiger partial charge in [0.25, 0.3) is 0 Å². The lowest BCUT2D eigenvalue weighted by Gasteiger charge is -2.28. The number of hydrogen-bond acceptors (Lipinski definition) is 2. The SMILES string of the molecule is CC(C)=CCCN(CCC=C(C)C)c1c(C)ccc2cc(C(C)C)c(O)cc12. The van der Waals surface area contributed by atoms with E-state index in [1.807, 2.05) is 6.07 Å². The van der Waals surface area contributed by atoms with Gasteiger partial charge in [0, 0.05) is 24.2 Å². The maximum atomic E-state index is 10.6. The molecule has 0 aliphatic heterocycles. The molecule has 0 aliphatic rings. The van der Waals surface area contributed by atoms with Crippen LogP contribution in [-0.2, 0) is 0 Å². The number of phenolic OH excluding ortho intramolecular Hbond substituents is 1. The lowest BCUT2D eigenvalue weighted by atomic mass is 9.95. The molecule has 2 rings (SSSR count). The number of nitrogens with zero attached hydrogens (tertiary/aromatic N) is 1. The molecule has 0 radical (unpaired) electrons. The topological polar surface area (TPSA) is 23.5 Å². The van der Waals surface area contributed by atoms with Crippen molar-refractivity contribution in [2.24, 2.45) is 0 Å². The minimum Gasteiger partial charge on any atom is -0.508 e. The standard InChI is InChI=1S/C26H37NO/c1-18(2)10-8-14-27(15-9-11-19(3)4)26-21(7)12-13-22-16-23(20(5)6)25(28)17-24(22)26/h10-13,16-17,20,28H,8-9,14-15H2,1-7H3. The summed E-state index contributed by atoms with van der Waals surface area (Å²) in [5, 5.41) is 13.0. The van der Waals surface area contributed by atoms with Crippen LogP contribution >= 0.6 is 0 Å². The highest BCUT2D eigenvalue weighted by atomic mass is 16.3. The number of benzene rings is 2. The molecule has 0 saturated heterocycles. The van der Waals surface area contributed by atoms with Crippen molar-refractivity contribution in [3.63, 3.8) is 0 Å². The number of fused-ring (bicyclic) bond motifs is 1. The van der Waals surface area contributed by atoms with Crippen LogP contribution in [0.15, 0.2) is 47.6 Å². The minimum atomic E-state index is 0.306. The zero-order valence-corrected chi connectivity index (χ0v) is 18.8. The molecule has 2 nitrogen and oxygen atoms in total. The van der Waals surface area contributed by atoms with Crippen LogP contribution in [-0.4, -0.2) is 18.2 Å². The largest absolute Gasteiger partial charge is 0.508 e. The maximum Gasteiger partial charge on any atom is 0.119 e. The van der Waals surface area contributed by atoms with E-state index >= 15 is 0 Å². The third kappa shape index (κ3) is 5.64. The Balaban J connectivity index is 2.52. The van der Waals surface area contributed by atoms with Crippen molar-refractivity contribution in [3.8, 4) is 5.75 Å². The van der Waals surface area contributed by atoms with Gasteiger partial charge >= 0.3 is 0 Å². The van der Waals surface area contributed by atoms with Gasteiger partial charge in [0.05, 0.1) is 0 Å². The smallest absolute Gasteiger partial charge is 0.119 e.